The third-order valence-electron chi connectivity index (χ3n) is 2.71. The average molecular weight is 270 g/mol. The molecule has 2 heterocycles. The van der Waals surface area contributed by atoms with Crippen molar-refractivity contribution in [3.8, 4) is 0 Å². The second kappa shape index (κ2) is 5.07. The summed E-state index contributed by atoms with van der Waals surface area (Å²) in [5.41, 5.74) is -0.199. The highest BCUT2D eigenvalue weighted by Crippen LogP contribution is 2.21. The number of aliphatic hydroxyl groups is 1. The highest BCUT2D eigenvalue weighted by molar-refractivity contribution is 6.28. The number of fused-ring (bicyclic) bond motifs is 1. The van der Waals surface area contributed by atoms with Crippen LogP contribution in [0.2, 0.25) is 5.28 Å². The van der Waals surface area contributed by atoms with Crippen LogP contribution in [0, 0.1) is 0 Å². The van der Waals surface area contributed by atoms with E-state index in [4.69, 9.17) is 11.6 Å². The van der Waals surface area contributed by atoms with Crippen molar-refractivity contribution >= 4 is 28.5 Å². The molecular formula is C11H16ClN5O. The summed E-state index contributed by atoms with van der Waals surface area (Å²) in [5, 5.41) is 20.7. The lowest BCUT2D eigenvalue weighted by molar-refractivity contribution is 0.0636. The number of aromatic amines is 1. The highest BCUT2D eigenvalue weighted by atomic mass is 35.5. The number of anilines is 1. The van der Waals surface area contributed by atoms with Crippen molar-refractivity contribution < 1.29 is 5.11 Å². The zero-order chi connectivity index (χ0) is 13.2. The van der Waals surface area contributed by atoms with Crippen molar-refractivity contribution in [3.63, 3.8) is 0 Å². The third-order valence-corrected chi connectivity index (χ3v) is 2.88. The topological polar surface area (TPSA) is 86.7 Å². The van der Waals surface area contributed by atoms with Gasteiger partial charge >= 0.3 is 0 Å². The van der Waals surface area contributed by atoms with Crippen molar-refractivity contribution in [2.45, 2.75) is 32.3 Å². The zero-order valence-electron chi connectivity index (χ0n) is 10.4. The van der Waals surface area contributed by atoms with Gasteiger partial charge in [-0.15, -0.1) is 0 Å². The van der Waals surface area contributed by atoms with E-state index < -0.39 is 5.60 Å². The van der Waals surface area contributed by atoms with Crippen LogP contribution < -0.4 is 5.32 Å². The molecule has 18 heavy (non-hydrogen) atoms. The Morgan fingerprint density at radius 2 is 2.28 bits per heavy atom. The lowest BCUT2D eigenvalue weighted by atomic mass is 10.0. The largest absolute Gasteiger partial charge is 0.388 e. The van der Waals surface area contributed by atoms with Gasteiger partial charge in [-0.25, -0.2) is 0 Å². The summed E-state index contributed by atoms with van der Waals surface area (Å²) in [5.74, 6) is 0.579. The molecule has 0 aliphatic rings. The number of aromatic nitrogens is 4. The van der Waals surface area contributed by atoms with E-state index in [1.165, 1.54) is 0 Å². The van der Waals surface area contributed by atoms with E-state index in [0.29, 0.717) is 24.4 Å². The Hall–Kier alpha value is -1.40. The minimum atomic E-state index is -0.776. The number of halogens is 1. The lowest BCUT2D eigenvalue weighted by Crippen LogP contribution is -2.33. The van der Waals surface area contributed by atoms with Gasteiger partial charge in [0.05, 0.1) is 17.2 Å². The van der Waals surface area contributed by atoms with Crippen LogP contribution in [0.25, 0.3) is 11.0 Å². The van der Waals surface area contributed by atoms with Gasteiger partial charge in [0.25, 0.3) is 0 Å². The van der Waals surface area contributed by atoms with E-state index in [1.54, 1.807) is 13.1 Å². The van der Waals surface area contributed by atoms with Crippen molar-refractivity contribution in [1.29, 1.82) is 0 Å². The van der Waals surface area contributed by atoms with E-state index in [2.05, 4.69) is 25.5 Å². The Bertz CT molecular complexity index is 539. The van der Waals surface area contributed by atoms with Crippen LogP contribution in [0.1, 0.15) is 26.7 Å². The van der Waals surface area contributed by atoms with Gasteiger partial charge in [-0.05, 0) is 24.9 Å². The molecule has 0 aliphatic carbocycles. The predicted molar refractivity (Wildman–Crippen MR) is 70.7 cm³/mol. The Labute approximate surface area is 110 Å². The second-order valence-electron chi connectivity index (χ2n) is 4.57. The van der Waals surface area contributed by atoms with Crippen LogP contribution in [0.15, 0.2) is 6.20 Å². The van der Waals surface area contributed by atoms with E-state index >= 15 is 0 Å². The van der Waals surface area contributed by atoms with Gasteiger partial charge in [0, 0.05) is 6.54 Å². The van der Waals surface area contributed by atoms with E-state index in [1.807, 2.05) is 6.92 Å². The first-order valence-electron chi connectivity index (χ1n) is 5.85. The minimum absolute atomic E-state index is 0.143. The number of H-pyrrole nitrogens is 1. The molecule has 6 nitrogen and oxygen atoms in total. The fourth-order valence-electron chi connectivity index (χ4n) is 1.84. The van der Waals surface area contributed by atoms with Crippen molar-refractivity contribution in [2.75, 3.05) is 11.9 Å². The maximum Gasteiger partial charge on any atom is 0.226 e. The number of nitrogens with zero attached hydrogens (tertiary/aromatic N) is 3. The van der Waals surface area contributed by atoms with E-state index in [-0.39, 0.29) is 5.28 Å². The van der Waals surface area contributed by atoms with Crippen LogP contribution >= 0.6 is 11.6 Å². The summed E-state index contributed by atoms with van der Waals surface area (Å²) in [6.45, 7) is 4.22. The molecule has 2 aromatic heterocycles. The molecule has 0 saturated heterocycles. The normalized spacial score (nSPS) is 14.7. The quantitative estimate of drug-likeness (QED) is 0.723. The molecule has 0 amide bonds. The molecule has 2 rings (SSSR count). The van der Waals surface area contributed by atoms with Crippen LogP contribution in [-0.4, -0.2) is 37.4 Å². The number of hydrogen-bond acceptors (Lipinski definition) is 5. The van der Waals surface area contributed by atoms with Crippen molar-refractivity contribution in [1.82, 2.24) is 20.2 Å². The molecule has 0 bridgehead atoms. The first-order valence-corrected chi connectivity index (χ1v) is 6.22. The molecule has 0 fully saturated rings. The van der Waals surface area contributed by atoms with Gasteiger partial charge in [0.1, 0.15) is 5.82 Å². The first kappa shape index (κ1) is 13.0. The maximum absolute atomic E-state index is 10.1. The molecular weight excluding hydrogens is 254 g/mol. The fraction of sp³-hybridized carbons (Fsp3) is 0.545. The summed E-state index contributed by atoms with van der Waals surface area (Å²) in [6.07, 6.45) is 3.26. The molecule has 1 atom stereocenters. The van der Waals surface area contributed by atoms with Gasteiger partial charge < -0.3 is 10.4 Å². The Balaban J connectivity index is 2.19. The second-order valence-corrected chi connectivity index (χ2v) is 4.91. The molecule has 0 radical (unpaired) electrons. The number of nitrogens with one attached hydrogen (secondary N) is 2. The van der Waals surface area contributed by atoms with Crippen LogP contribution in [0.3, 0.4) is 0 Å². The van der Waals surface area contributed by atoms with Gasteiger partial charge in [-0.3, -0.25) is 5.10 Å². The monoisotopic (exact) mass is 269 g/mol. The smallest absolute Gasteiger partial charge is 0.226 e. The van der Waals surface area contributed by atoms with Crippen LogP contribution in [0.5, 0.6) is 0 Å². The first-order chi connectivity index (χ1) is 8.52. The predicted octanol–water partition coefficient (Wildman–Crippen LogP) is 1.97. The molecule has 0 spiro atoms. The standard InChI is InChI=1S/C11H16ClN5O/c1-3-4-11(2,18)6-13-8-7-5-14-17-9(7)16-10(12)15-8/h5,18H,3-4,6H2,1-2H3,(H2,13,14,15,16,17). The fourth-order valence-corrected chi connectivity index (χ4v) is 2.01. The molecule has 0 aliphatic heterocycles. The average Bonchev–Trinajstić information content (AvgIpc) is 2.73. The number of rotatable bonds is 5. The Kier molecular flexibility index (Phi) is 3.68. The van der Waals surface area contributed by atoms with E-state index in [0.717, 1.165) is 11.8 Å². The molecule has 0 saturated carbocycles. The molecule has 7 heteroatoms. The minimum Gasteiger partial charge on any atom is -0.388 e. The van der Waals surface area contributed by atoms with E-state index in [9.17, 15) is 5.11 Å². The molecule has 2 aromatic rings. The summed E-state index contributed by atoms with van der Waals surface area (Å²) in [6, 6.07) is 0. The van der Waals surface area contributed by atoms with Gasteiger partial charge in [0.2, 0.25) is 5.28 Å². The van der Waals surface area contributed by atoms with Crippen molar-refractivity contribution in [2.24, 2.45) is 0 Å². The van der Waals surface area contributed by atoms with Crippen LogP contribution in [0.4, 0.5) is 5.82 Å². The zero-order valence-corrected chi connectivity index (χ0v) is 11.1. The van der Waals surface area contributed by atoms with Gasteiger partial charge in [0.15, 0.2) is 5.65 Å². The summed E-state index contributed by atoms with van der Waals surface area (Å²) >= 11 is 5.82. The Morgan fingerprint density at radius 1 is 1.50 bits per heavy atom. The molecule has 98 valence electrons. The lowest BCUT2D eigenvalue weighted by Gasteiger charge is -2.23. The SMILES string of the molecule is CCCC(C)(O)CNc1nc(Cl)nc2[nH]ncc12. The van der Waals surface area contributed by atoms with Gasteiger partial charge in [-0.2, -0.15) is 15.1 Å². The summed E-state index contributed by atoms with van der Waals surface area (Å²) in [4.78, 5) is 8.12. The molecule has 1 unspecified atom stereocenters. The number of hydrogen-bond donors (Lipinski definition) is 3. The van der Waals surface area contributed by atoms with Crippen molar-refractivity contribution in [3.05, 3.63) is 11.5 Å². The summed E-state index contributed by atoms with van der Waals surface area (Å²) < 4.78 is 0. The third kappa shape index (κ3) is 2.88. The summed E-state index contributed by atoms with van der Waals surface area (Å²) in [7, 11) is 0. The molecule has 3 N–H and O–H groups in total. The highest BCUT2D eigenvalue weighted by Gasteiger charge is 2.19. The maximum atomic E-state index is 10.1. The van der Waals surface area contributed by atoms with Crippen LogP contribution in [-0.2, 0) is 0 Å². The molecule has 0 aromatic carbocycles. The Morgan fingerprint density at radius 3 is 3.00 bits per heavy atom. The van der Waals surface area contributed by atoms with Gasteiger partial charge in [-0.1, -0.05) is 13.3 Å².